The van der Waals surface area contributed by atoms with Crippen molar-refractivity contribution in [1.29, 1.82) is 0 Å². The summed E-state index contributed by atoms with van der Waals surface area (Å²) in [4.78, 5) is 0. The van der Waals surface area contributed by atoms with Crippen LogP contribution in [0.5, 0.6) is 0 Å². The Hall–Kier alpha value is -0.520. The highest BCUT2D eigenvalue weighted by atomic mass is 14.6. The summed E-state index contributed by atoms with van der Waals surface area (Å²) in [5, 5.41) is 0. The minimum atomic E-state index is 0.556. The van der Waals surface area contributed by atoms with E-state index in [4.69, 9.17) is 0 Å². The van der Waals surface area contributed by atoms with E-state index in [2.05, 4.69) is 46.8 Å². The normalized spacial score (nSPS) is 39.7. The van der Waals surface area contributed by atoms with E-state index in [-0.39, 0.29) is 0 Å². The van der Waals surface area contributed by atoms with Crippen LogP contribution in [0.25, 0.3) is 0 Å². The minimum Gasteiger partial charge on any atom is -0.0804 e. The molecular formula is C20H32. The maximum absolute atomic E-state index is 2.62. The van der Waals surface area contributed by atoms with E-state index in [9.17, 15) is 0 Å². The van der Waals surface area contributed by atoms with Gasteiger partial charge < -0.3 is 0 Å². The first kappa shape index (κ1) is 14.4. The average molecular weight is 272 g/mol. The van der Waals surface area contributed by atoms with E-state index < -0.39 is 0 Å². The molecule has 3 atom stereocenters. The van der Waals surface area contributed by atoms with Crippen LogP contribution in [0.4, 0.5) is 0 Å². The molecule has 0 heterocycles. The summed E-state index contributed by atoms with van der Waals surface area (Å²) in [5.41, 5.74) is 4.49. The van der Waals surface area contributed by atoms with Crippen LogP contribution >= 0.6 is 0 Å². The predicted octanol–water partition coefficient (Wildman–Crippen LogP) is 6.14. The molecule has 0 N–H and O–H groups in total. The third-order valence-corrected chi connectivity index (χ3v) is 6.85. The molecule has 0 nitrogen and oxygen atoms in total. The van der Waals surface area contributed by atoms with Crippen LogP contribution in [0.2, 0.25) is 0 Å². The topological polar surface area (TPSA) is 0 Å². The maximum atomic E-state index is 2.62. The summed E-state index contributed by atoms with van der Waals surface area (Å²) in [6, 6.07) is 0. The number of hydrogen-bond acceptors (Lipinski definition) is 0. The zero-order chi connectivity index (χ0) is 14.5. The molecule has 2 fully saturated rings. The lowest BCUT2D eigenvalue weighted by molar-refractivity contribution is -0.0518. The molecular weight excluding hydrogens is 240 g/mol. The van der Waals surface area contributed by atoms with Gasteiger partial charge in [0.1, 0.15) is 0 Å². The van der Waals surface area contributed by atoms with Crippen LogP contribution in [0, 0.1) is 28.6 Å². The van der Waals surface area contributed by atoms with Crippen LogP contribution in [-0.4, -0.2) is 0 Å². The fourth-order valence-electron chi connectivity index (χ4n) is 5.73. The smallest absolute Gasteiger partial charge is 0.0108 e. The first-order valence-electron chi connectivity index (χ1n) is 8.75. The van der Waals surface area contributed by atoms with Gasteiger partial charge in [-0.15, -0.1) is 0 Å². The van der Waals surface area contributed by atoms with Gasteiger partial charge in [0, 0.05) is 0 Å². The molecule has 0 radical (unpaired) electrons. The fourth-order valence-corrected chi connectivity index (χ4v) is 5.73. The van der Waals surface area contributed by atoms with Gasteiger partial charge in [-0.1, -0.05) is 58.8 Å². The summed E-state index contributed by atoms with van der Waals surface area (Å²) < 4.78 is 0. The molecule has 0 aromatic heterocycles. The zero-order valence-electron chi connectivity index (χ0n) is 14.1. The van der Waals surface area contributed by atoms with Crippen LogP contribution in [0.1, 0.15) is 73.1 Å². The van der Waals surface area contributed by atoms with E-state index in [0.29, 0.717) is 16.7 Å². The van der Waals surface area contributed by atoms with Gasteiger partial charge in [0.2, 0.25) is 0 Å². The van der Waals surface area contributed by atoms with Gasteiger partial charge in [-0.2, -0.15) is 0 Å². The van der Waals surface area contributed by atoms with Crippen molar-refractivity contribution in [2.75, 3.05) is 0 Å². The van der Waals surface area contributed by atoms with Crippen molar-refractivity contribution < 1.29 is 0 Å². The Kier molecular flexibility index (Phi) is 3.42. The second-order valence-electron chi connectivity index (χ2n) is 8.81. The van der Waals surface area contributed by atoms with Gasteiger partial charge in [0.25, 0.3) is 0 Å². The molecule has 0 spiro atoms. The Morgan fingerprint density at radius 1 is 1.15 bits per heavy atom. The largest absolute Gasteiger partial charge is 0.0804 e. The summed E-state index contributed by atoms with van der Waals surface area (Å²) in [5.74, 6) is 2.46. The summed E-state index contributed by atoms with van der Waals surface area (Å²) in [6.07, 6.45) is 13.5. The molecule has 112 valence electrons. The van der Waals surface area contributed by atoms with Crippen molar-refractivity contribution in [3.8, 4) is 0 Å². The molecule has 3 aliphatic rings. The molecule has 0 aromatic carbocycles. The van der Waals surface area contributed by atoms with Crippen molar-refractivity contribution in [2.45, 2.75) is 73.1 Å². The van der Waals surface area contributed by atoms with Crippen molar-refractivity contribution >= 4 is 0 Å². The summed E-state index contributed by atoms with van der Waals surface area (Å²) in [6.45, 7) is 12.3. The Morgan fingerprint density at radius 3 is 2.60 bits per heavy atom. The van der Waals surface area contributed by atoms with Crippen LogP contribution in [0.15, 0.2) is 23.3 Å². The molecule has 3 unspecified atom stereocenters. The third kappa shape index (κ3) is 2.11. The fraction of sp³-hybridized carbons (Fsp3) is 0.800. The lowest BCUT2D eigenvalue weighted by Gasteiger charge is -2.58. The average Bonchev–Trinajstić information content (AvgIpc) is 2.37. The number of fused-ring (bicyclic) bond motifs is 3. The predicted molar refractivity (Wildman–Crippen MR) is 87.6 cm³/mol. The highest BCUT2D eigenvalue weighted by molar-refractivity contribution is 5.34. The standard InChI is InChI=1S/C20H32/c1-14(2)15-7-9-17-16(13-15)8-10-18-19(3,4)11-6-12-20(17,18)5/h7,13-14,17-18H,6,8-12H2,1-5H3. The molecule has 0 heteroatoms. The second-order valence-corrected chi connectivity index (χ2v) is 8.81. The van der Waals surface area contributed by atoms with Crippen molar-refractivity contribution in [1.82, 2.24) is 0 Å². The SMILES string of the molecule is CC(C)C1=CCC2C(=C1)CCC1C(C)(C)CCCC21C. The van der Waals surface area contributed by atoms with Crippen molar-refractivity contribution in [2.24, 2.45) is 28.6 Å². The Labute approximate surface area is 125 Å². The number of rotatable bonds is 1. The molecule has 2 saturated carbocycles. The molecule has 3 rings (SSSR count). The number of allylic oxidation sites excluding steroid dienone is 4. The Balaban J connectivity index is 1.92. The van der Waals surface area contributed by atoms with E-state index in [1.807, 2.05) is 0 Å². The Morgan fingerprint density at radius 2 is 1.90 bits per heavy atom. The van der Waals surface area contributed by atoms with E-state index in [1.54, 1.807) is 11.1 Å². The number of hydrogen-bond donors (Lipinski definition) is 0. The van der Waals surface area contributed by atoms with Crippen LogP contribution in [0.3, 0.4) is 0 Å². The highest BCUT2D eigenvalue weighted by Gasteiger charge is 2.53. The highest BCUT2D eigenvalue weighted by Crippen LogP contribution is 2.62. The molecule has 3 aliphatic carbocycles. The van der Waals surface area contributed by atoms with Gasteiger partial charge in [0.05, 0.1) is 0 Å². The van der Waals surface area contributed by atoms with E-state index in [1.165, 1.54) is 38.5 Å². The quantitative estimate of drug-likeness (QED) is 0.537. The van der Waals surface area contributed by atoms with Crippen molar-refractivity contribution in [3.05, 3.63) is 23.3 Å². The second kappa shape index (κ2) is 4.75. The monoisotopic (exact) mass is 272 g/mol. The third-order valence-electron chi connectivity index (χ3n) is 6.85. The first-order chi connectivity index (χ1) is 9.34. The van der Waals surface area contributed by atoms with E-state index >= 15 is 0 Å². The minimum absolute atomic E-state index is 0.556. The molecule has 0 bridgehead atoms. The lowest BCUT2D eigenvalue weighted by Crippen LogP contribution is -2.49. The van der Waals surface area contributed by atoms with Gasteiger partial charge in [-0.3, -0.25) is 0 Å². The van der Waals surface area contributed by atoms with Gasteiger partial charge in [0.15, 0.2) is 0 Å². The van der Waals surface area contributed by atoms with Gasteiger partial charge >= 0.3 is 0 Å². The van der Waals surface area contributed by atoms with Gasteiger partial charge in [-0.25, -0.2) is 0 Å². The van der Waals surface area contributed by atoms with E-state index in [0.717, 1.165) is 11.8 Å². The summed E-state index contributed by atoms with van der Waals surface area (Å²) >= 11 is 0. The van der Waals surface area contributed by atoms with Crippen LogP contribution < -0.4 is 0 Å². The lowest BCUT2D eigenvalue weighted by atomic mass is 9.46. The zero-order valence-corrected chi connectivity index (χ0v) is 14.1. The molecule has 0 saturated heterocycles. The first-order valence-corrected chi connectivity index (χ1v) is 8.75. The maximum Gasteiger partial charge on any atom is -0.0108 e. The van der Waals surface area contributed by atoms with Crippen LogP contribution in [-0.2, 0) is 0 Å². The Bertz CT molecular complexity index is 449. The summed E-state index contributed by atoms with van der Waals surface area (Å²) in [7, 11) is 0. The molecule has 0 aliphatic heterocycles. The van der Waals surface area contributed by atoms with Crippen molar-refractivity contribution in [3.63, 3.8) is 0 Å². The molecule has 20 heavy (non-hydrogen) atoms. The molecule has 0 amide bonds. The van der Waals surface area contributed by atoms with Gasteiger partial charge in [-0.05, 0) is 66.3 Å². The molecule has 0 aromatic rings.